The lowest BCUT2D eigenvalue weighted by Gasteiger charge is -2.17. The fourth-order valence-corrected chi connectivity index (χ4v) is 4.10. The predicted molar refractivity (Wildman–Crippen MR) is 94.5 cm³/mol. The Morgan fingerprint density at radius 1 is 1.21 bits per heavy atom. The van der Waals surface area contributed by atoms with Crippen molar-refractivity contribution in [1.82, 2.24) is 4.98 Å². The second-order valence-electron chi connectivity index (χ2n) is 5.50. The van der Waals surface area contributed by atoms with E-state index < -0.39 is 10.0 Å². The van der Waals surface area contributed by atoms with E-state index in [1.165, 1.54) is 32.1 Å². The van der Waals surface area contributed by atoms with Crippen molar-refractivity contribution in [3.63, 3.8) is 0 Å². The highest BCUT2D eigenvalue weighted by Gasteiger charge is 2.21. The minimum absolute atomic E-state index is 0.0251. The molecule has 6 nitrogen and oxygen atoms in total. The molecule has 0 bridgehead atoms. The summed E-state index contributed by atoms with van der Waals surface area (Å²) in [5.41, 5.74) is 0.996. The van der Waals surface area contributed by atoms with Crippen LogP contribution in [0.25, 0.3) is 0 Å². The molecule has 0 amide bonds. The number of methoxy groups -OCH3 is 1. The molecule has 1 saturated heterocycles. The Labute approximate surface area is 146 Å². The summed E-state index contributed by atoms with van der Waals surface area (Å²) >= 11 is 5.91. The molecule has 8 heteroatoms. The second-order valence-corrected chi connectivity index (χ2v) is 7.58. The van der Waals surface area contributed by atoms with Crippen molar-refractivity contribution in [2.45, 2.75) is 17.7 Å². The van der Waals surface area contributed by atoms with Crippen molar-refractivity contribution in [3.8, 4) is 5.75 Å². The minimum Gasteiger partial charge on any atom is -0.495 e. The Hall–Kier alpha value is -1.99. The highest BCUT2D eigenvalue weighted by Crippen LogP contribution is 2.28. The molecule has 2 heterocycles. The first-order valence-corrected chi connectivity index (χ1v) is 9.43. The molecule has 0 aliphatic carbocycles. The fourth-order valence-electron chi connectivity index (χ4n) is 2.66. The van der Waals surface area contributed by atoms with Gasteiger partial charge in [0.1, 0.15) is 16.5 Å². The van der Waals surface area contributed by atoms with E-state index in [1.807, 2.05) is 6.07 Å². The SMILES string of the molecule is COc1ccc(Cl)cc1S(=O)(=O)Nc1ccc(N2CCCC2)cn1. The summed E-state index contributed by atoms with van der Waals surface area (Å²) in [5, 5.41) is 0.313. The number of nitrogens with zero attached hydrogens (tertiary/aromatic N) is 2. The van der Waals surface area contributed by atoms with Crippen molar-refractivity contribution in [1.29, 1.82) is 0 Å². The second kappa shape index (κ2) is 6.86. The van der Waals surface area contributed by atoms with Gasteiger partial charge in [0.25, 0.3) is 10.0 Å². The third kappa shape index (κ3) is 3.57. The largest absolute Gasteiger partial charge is 0.495 e. The number of sulfonamides is 1. The van der Waals surface area contributed by atoms with Crippen LogP contribution < -0.4 is 14.4 Å². The zero-order valence-electron chi connectivity index (χ0n) is 13.2. The number of halogens is 1. The molecule has 0 atom stereocenters. The fraction of sp³-hybridized carbons (Fsp3) is 0.312. The molecule has 0 saturated carbocycles. The van der Waals surface area contributed by atoms with Crippen molar-refractivity contribution in [2.24, 2.45) is 0 Å². The summed E-state index contributed by atoms with van der Waals surface area (Å²) in [7, 11) is -2.44. The zero-order chi connectivity index (χ0) is 17.2. The van der Waals surface area contributed by atoms with Gasteiger partial charge in [0.15, 0.2) is 0 Å². The van der Waals surface area contributed by atoms with Crippen molar-refractivity contribution in [2.75, 3.05) is 29.8 Å². The predicted octanol–water partition coefficient (Wildman–Crippen LogP) is 3.14. The molecule has 0 radical (unpaired) electrons. The van der Waals surface area contributed by atoms with Crippen LogP contribution in [0.4, 0.5) is 11.5 Å². The van der Waals surface area contributed by atoms with Crippen LogP contribution in [0.3, 0.4) is 0 Å². The first-order chi connectivity index (χ1) is 11.5. The molecule has 1 aromatic heterocycles. The van der Waals surface area contributed by atoms with E-state index >= 15 is 0 Å². The van der Waals surface area contributed by atoms with Crippen LogP contribution in [0.15, 0.2) is 41.4 Å². The number of hydrogen-bond acceptors (Lipinski definition) is 5. The molecular formula is C16H18ClN3O3S. The number of aromatic nitrogens is 1. The molecular weight excluding hydrogens is 350 g/mol. The van der Waals surface area contributed by atoms with Gasteiger partial charge >= 0.3 is 0 Å². The van der Waals surface area contributed by atoms with Crippen LogP contribution in [-0.2, 0) is 10.0 Å². The van der Waals surface area contributed by atoms with Crippen LogP contribution in [0.2, 0.25) is 5.02 Å². The minimum atomic E-state index is -3.85. The third-order valence-electron chi connectivity index (χ3n) is 3.87. The van der Waals surface area contributed by atoms with Gasteiger partial charge in [0.05, 0.1) is 19.0 Å². The van der Waals surface area contributed by atoms with Crippen molar-refractivity contribution < 1.29 is 13.2 Å². The van der Waals surface area contributed by atoms with E-state index in [0.717, 1.165) is 18.8 Å². The highest BCUT2D eigenvalue weighted by atomic mass is 35.5. The summed E-state index contributed by atoms with van der Waals surface area (Å²) in [5.74, 6) is 0.473. The van der Waals surface area contributed by atoms with Crippen LogP contribution >= 0.6 is 11.6 Å². The normalized spacial score (nSPS) is 14.7. The Bertz CT molecular complexity index is 819. The molecule has 1 aliphatic rings. The van der Waals surface area contributed by atoms with Crippen LogP contribution in [-0.4, -0.2) is 33.6 Å². The van der Waals surface area contributed by atoms with E-state index in [9.17, 15) is 8.42 Å². The van der Waals surface area contributed by atoms with E-state index in [-0.39, 0.29) is 16.5 Å². The summed E-state index contributed by atoms with van der Waals surface area (Å²) in [4.78, 5) is 6.41. The number of anilines is 2. The van der Waals surface area contributed by atoms with Gasteiger partial charge in [-0.05, 0) is 43.2 Å². The smallest absolute Gasteiger partial charge is 0.266 e. The summed E-state index contributed by atoms with van der Waals surface area (Å²) < 4.78 is 32.7. The molecule has 0 spiro atoms. The lowest BCUT2D eigenvalue weighted by Crippen LogP contribution is -2.18. The Morgan fingerprint density at radius 2 is 1.96 bits per heavy atom. The lowest BCUT2D eigenvalue weighted by atomic mass is 10.3. The molecule has 24 heavy (non-hydrogen) atoms. The monoisotopic (exact) mass is 367 g/mol. The maximum Gasteiger partial charge on any atom is 0.266 e. The molecule has 1 fully saturated rings. The molecule has 1 aromatic carbocycles. The van der Waals surface area contributed by atoms with Crippen LogP contribution in [0.1, 0.15) is 12.8 Å². The zero-order valence-corrected chi connectivity index (χ0v) is 14.8. The molecule has 1 N–H and O–H groups in total. The summed E-state index contributed by atoms with van der Waals surface area (Å²) in [6.45, 7) is 2.01. The number of pyridine rings is 1. The first kappa shape index (κ1) is 16.9. The molecule has 2 aromatic rings. The Morgan fingerprint density at radius 3 is 2.58 bits per heavy atom. The molecule has 3 rings (SSSR count). The molecule has 1 aliphatic heterocycles. The summed E-state index contributed by atoms with van der Waals surface area (Å²) in [6.07, 6.45) is 4.02. The van der Waals surface area contributed by atoms with Gasteiger partial charge in [0.2, 0.25) is 0 Å². The van der Waals surface area contributed by atoms with Gasteiger partial charge in [0, 0.05) is 18.1 Å². The van der Waals surface area contributed by atoms with Gasteiger partial charge < -0.3 is 9.64 Å². The number of nitrogens with one attached hydrogen (secondary N) is 1. The van der Waals surface area contributed by atoms with Gasteiger partial charge in [-0.25, -0.2) is 13.4 Å². The van der Waals surface area contributed by atoms with Crippen molar-refractivity contribution >= 4 is 33.1 Å². The van der Waals surface area contributed by atoms with Crippen LogP contribution in [0, 0.1) is 0 Å². The third-order valence-corrected chi connectivity index (χ3v) is 5.48. The first-order valence-electron chi connectivity index (χ1n) is 7.57. The lowest BCUT2D eigenvalue weighted by molar-refractivity contribution is 0.403. The Balaban J connectivity index is 1.83. The molecule has 128 valence electrons. The van der Waals surface area contributed by atoms with Crippen LogP contribution in [0.5, 0.6) is 5.75 Å². The molecule has 0 unspecified atom stereocenters. The average Bonchev–Trinajstić information content (AvgIpc) is 3.10. The topological polar surface area (TPSA) is 71.5 Å². The van der Waals surface area contributed by atoms with Gasteiger partial charge in [-0.15, -0.1) is 0 Å². The maximum absolute atomic E-state index is 12.6. The van der Waals surface area contributed by atoms with E-state index in [1.54, 1.807) is 18.3 Å². The van der Waals surface area contributed by atoms with Gasteiger partial charge in [-0.2, -0.15) is 0 Å². The Kier molecular flexibility index (Phi) is 4.82. The van der Waals surface area contributed by atoms with E-state index in [0.29, 0.717) is 5.02 Å². The maximum atomic E-state index is 12.6. The van der Waals surface area contributed by atoms with Crippen molar-refractivity contribution in [3.05, 3.63) is 41.6 Å². The average molecular weight is 368 g/mol. The number of hydrogen-bond donors (Lipinski definition) is 1. The number of benzene rings is 1. The quantitative estimate of drug-likeness (QED) is 0.878. The van der Waals surface area contributed by atoms with Gasteiger partial charge in [-0.3, -0.25) is 4.72 Å². The number of rotatable bonds is 5. The standard InChI is InChI=1S/C16H18ClN3O3S/c1-23-14-6-4-12(17)10-15(14)24(21,22)19-16-7-5-13(11-18-16)20-8-2-3-9-20/h4-7,10-11H,2-3,8-9H2,1H3,(H,18,19). The van der Waals surface area contributed by atoms with Gasteiger partial charge in [-0.1, -0.05) is 11.6 Å². The highest BCUT2D eigenvalue weighted by molar-refractivity contribution is 7.92. The summed E-state index contributed by atoms with van der Waals surface area (Å²) in [6, 6.07) is 7.96. The van der Waals surface area contributed by atoms with E-state index in [4.69, 9.17) is 16.3 Å². The number of ether oxygens (including phenoxy) is 1. The van der Waals surface area contributed by atoms with E-state index in [2.05, 4.69) is 14.6 Å².